The molecule has 2 fully saturated rings. The maximum Gasteiger partial charge on any atom is 0.416 e. The van der Waals surface area contributed by atoms with Crippen LogP contribution in [-0.4, -0.2) is 36.0 Å². The standard InChI is InChI=1S/C20H27F3N2O/c1-3-14-13(2)16(20(21,22)23)10-9-15(14)19(26)24-17-7-6-8-18(17)25-11-4-5-12-25/h9-10,17-18H,3-8,11-12H2,1-2H3,(H,24,26)/t17-,18+/m0/s1. The summed E-state index contributed by atoms with van der Waals surface area (Å²) < 4.78 is 39.4. The summed E-state index contributed by atoms with van der Waals surface area (Å²) in [5.41, 5.74) is 0.384. The van der Waals surface area contributed by atoms with Crippen molar-refractivity contribution in [1.82, 2.24) is 10.2 Å². The number of benzene rings is 1. The van der Waals surface area contributed by atoms with Crippen LogP contribution in [0.4, 0.5) is 13.2 Å². The summed E-state index contributed by atoms with van der Waals surface area (Å²) in [5, 5.41) is 3.12. The third-order valence-electron chi connectivity index (χ3n) is 5.91. The number of hydrogen-bond acceptors (Lipinski definition) is 2. The second kappa shape index (κ2) is 7.59. The van der Waals surface area contributed by atoms with Crippen LogP contribution in [0.2, 0.25) is 0 Å². The predicted molar refractivity (Wildman–Crippen MR) is 95.3 cm³/mol. The summed E-state index contributed by atoms with van der Waals surface area (Å²) in [6.07, 6.45) is 1.52. The first kappa shape index (κ1) is 19.2. The predicted octanol–water partition coefficient (Wildman–Crippen LogP) is 4.32. The van der Waals surface area contributed by atoms with Gasteiger partial charge in [0.2, 0.25) is 0 Å². The molecule has 2 atom stereocenters. The lowest BCUT2D eigenvalue weighted by Gasteiger charge is -2.30. The van der Waals surface area contributed by atoms with E-state index in [4.69, 9.17) is 0 Å². The van der Waals surface area contributed by atoms with Crippen molar-refractivity contribution in [2.45, 2.75) is 70.6 Å². The number of halogens is 3. The number of likely N-dealkylation sites (tertiary alicyclic amines) is 1. The Balaban J connectivity index is 1.80. The van der Waals surface area contributed by atoms with Crippen LogP contribution < -0.4 is 5.32 Å². The first-order valence-corrected chi connectivity index (χ1v) is 9.57. The highest BCUT2D eigenvalue weighted by Gasteiger charge is 2.36. The Labute approximate surface area is 152 Å². The molecule has 2 aliphatic rings. The largest absolute Gasteiger partial charge is 0.416 e. The molecule has 1 N–H and O–H groups in total. The zero-order chi connectivity index (χ0) is 18.9. The minimum atomic E-state index is -4.39. The molecule has 1 saturated carbocycles. The van der Waals surface area contributed by atoms with Gasteiger partial charge in [0.1, 0.15) is 0 Å². The van der Waals surface area contributed by atoms with Crippen molar-refractivity contribution in [1.29, 1.82) is 0 Å². The van der Waals surface area contributed by atoms with Crippen LogP contribution in [0.15, 0.2) is 12.1 Å². The maximum absolute atomic E-state index is 13.1. The zero-order valence-corrected chi connectivity index (χ0v) is 15.5. The Morgan fingerprint density at radius 3 is 2.50 bits per heavy atom. The van der Waals surface area contributed by atoms with Crippen molar-refractivity contribution in [2.24, 2.45) is 0 Å². The van der Waals surface area contributed by atoms with Gasteiger partial charge in [-0.25, -0.2) is 0 Å². The first-order chi connectivity index (χ1) is 12.3. The van der Waals surface area contributed by atoms with Gasteiger partial charge in [-0.1, -0.05) is 6.92 Å². The number of carbonyl (C=O) groups is 1. The van der Waals surface area contributed by atoms with Gasteiger partial charge in [0.15, 0.2) is 0 Å². The van der Waals surface area contributed by atoms with E-state index < -0.39 is 11.7 Å². The molecule has 26 heavy (non-hydrogen) atoms. The lowest BCUT2D eigenvalue weighted by atomic mass is 9.94. The maximum atomic E-state index is 13.1. The minimum absolute atomic E-state index is 0.0907. The summed E-state index contributed by atoms with van der Waals surface area (Å²) in [6.45, 7) is 5.41. The normalized spacial score (nSPS) is 24.2. The topological polar surface area (TPSA) is 32.3 Å². The van der Waals surface area contributed by atoms with Crippen molar-refractivity contribution >= 4 is 5.91 Å². The number of amides is 1. The van der Waals surface area contributed by atoms with Crippen LogP contribution in [0.25, 0.3) is 0 Å². The van der Waals surface area contributed by atoms with Gasteiger partial charge in [-0.3, -0.25) is 9.69 Å². The molecule has 3 nitrogen and oxygen atoms in total. The Morgan fingerprint density at radius 2 is 1.88 bits per heavy atom. The molecule has 0 bridgehead atoms. The second-order valence-corrected chi connectivity index (χ2v) is 7.44. The monoisotopic (exact) mass is 368 g/mol. The summed E-state index contributed by atoms with van der Waals surface area (Å²) in [4.78, 5) is 15.3. The number of nitrogens with one attached hydrogen (secondary N) is 1. The van der Waals surface area contributed by atoms with Crippen LogP contribution >= 0.6 is 0 Å². The number of hydrogen-bond donors (Lipinski definition) is 1. The van der Waals surface area contributed by atoms with Crippen molar-refractivity contribution in [3.63, 3.8) is 0 Å². The van der Waals surface area contributed by atoms with Gasteiger partial charge < -0.3 is 5.32 Å². The van der Waals surface area contributed by atoms with E-state index in [1.54, 1.807) is 6.92 Å². The highest BCUT2D eigenvalue weighted by Crippen LogP contribution is 2.34. The molecule has 144 valence electrons. The molecule has 0 spiro atoms. The number of alkyl halides is 3. The zero-order valence-electron chi connectivity index (χ0n) is 15.5. The third kappa shape index (κ3) is 3.75. The van der Waals surface area contributed by atoms with Gasteiger partial charge in [-0.2, -0.15) is 13.2 Å². The van der Waals surface area contributed by atoms with Gasteiger partial charge in [-0.15, -0.1) is 0 Å². The molecule has 0 aromatic heterocycles. The molecule has 1 aromatic carbocycles. The van der Waals surface area contributed by atoms with Crippen LogP contribution in [0.1, 0.15) is 66.1 Å². The molecule has 6 heteroatoms. The summed E-state index contributed by atoms with van der Waals surface area (Å²) in [6, 6.07) is 2.83. The fourth-order valence-electron chi connectivity index (χ4n) is 4.60. The fraction of sp³-hybridized carbons (Fsp3) is 0.650. The van der Waals surface area contributed by atoms with Crippen molar-refractivity contribution in [2.75, 3.05) is 13.1 Å². The van der Waals surface area contributed by atoms with Gasteiger partial charge in [0.05, 0.1) is 5.56 Å². The number of carbonyl (C=O) groups excluding carboxylic acids is 1. The van der Waals surface area contributed by atoms with Crippen LogP contribution in [0.3, 0.4) is 0 Å². The SMILES string of the molecule is CCc1c(C(=O)N[C@H]2CCC[C@H]2N2CCCC2)ccc(C(F)(F)F)c1C. The third-order valence-corrected chi connectivity index (χ3v) is 5.91. The Bertz CT molecular complexity index is 666. The smallest absolute Gasteiger partial charge is 0.348 e. The summed E-state index contributed by atoms with van der Waals surface area (Å²) in [7, 11) is 0. The number of rotatable bonds is 4. The Hall–Kier alpha value is -1.56. The molecule has 1 aromatic rings. The van der Waals surface area contributed by atoms with Crippen molar-refractivity contribution in [3.05, 3.63) is 34.4 Å². The van der Waals surface area contributed by atoms with E-state index in [1.165, 1.54) is 25.8 Å². The molecule has 3 rings (SSSR count). The molecule has 1 saturated heterocycles. The van der Waals surface area contributed by atoms with E-state index in [1.807, 2.05) is 0 Å². The van der Waals surface area contributed by atoms with Crippen LogP contribution in [0, 0.1) is 6.92 Å². The highest BCUT2D eigenvalue weighted by molar-refractivity contribution is 5.96. The van der Waals surface area contributed by atoms with Gasteiger partial charge >= 0.3 is 6.18 Å². The van der Waals surface area contributed by atoms with Crippen LogP contribution in [0.5, 0.6) is 0 Å². The van der Waals surface area contributed by atoms with E-state index >= 15 is 0 Å². The molecule has 0 unspecified atom stereocenters. The lowest BCUT2D eigenvalue weighted by Crippen LogP contribution is -2.48. The number of nitrogens with zero attached hydrogens (tertiary/aromatic N) is 1. The van der Waals surface area contributed by atoms with E-state index in [0.717, 1.165) is 38.4 Å². The molecular weight excluding hydrogens is 341 g/mol. The average Bonchev–Trinajstić information content (AvgIpc) is 3.24. The Morgan fingerprint density at radius 1 is 1.19 bits per heavy atom. The molecule has 1 heterocycles. The molecule has 1 amide bonds. The first-order valence-electron chi connectivity index (χ1n) is 9.57. The summed E-state index contributed by atoms with van der Waals surface area (Å²) in [5.74, 6) is -0.241. The highest BCUT2D eigenvalue weighted by atomic mass is 19.4. The van der Waals surface area contributed by atoms with Gasteiger partial charge in [0.25, 0.3) is 5.91 Å². The molecule has 0 radical (unpaired) electrons. The van der Waals surface area contributed by atoms with E-state index in [0.29, 0.717) is 23.6 Å². The van der Waals surface area contributed by atoms with Crippen LogP contribution in [-0.2, 0) is 12.6 Å². The second-order valence-electron chi connectivity index (χ2n) is 7.44. The fourth-order valence-corrected chi connectivity index (χ4v) is 4.60. The van der Waals surface area contributed by atoms with E-state index in [2.05, 4.69) is 10.2 Å². The van der Waals surface area contributed by atoms with Gasteiger partial charge in [-0.05, 0) is 81.8 Å². The van der Waals surface area contributed by atoms with Crippen molar-refractivity contribution < 1.29 is 18.0 Å². The molecular formula is C20H27F3N2O. The van der Waals surface area contributed by atoms with Crippen molar-refractivity contribution in [3.8, 4) is 0 Å². The minimum Gasteiger partial charge on any atom is -0.348 e. The molecule has 1 aliphatic carbocycles. The quantitative estimate of drug-likeness (QED) is 0.858. The Kier molecular flexibility index (Phi) is 5.61. The van der Waals surface area contributed by atoms with Gasteiger partial charge in [0, 0.05) is 17.6 Å². The molecule has 1 aliphatic heterocycles. The summed E-state index contributed by atoms with van der Waals surface area (Å²) >= 11 is 0. The lowest BCUT2D eigenvalue weighted by molar-refractivity contribution is -0.138. The van der Waals surface area contributed by atoms with E-state index in [9.17, 15) is 18.0 Å². The average molecular weight is 368 g/mol. The van der Waals surface area contributed by atoms with E-state index in [-0.39, 0.29) is 17.5 Å².